The van der Waals surface area contributed by atoms with E-state index in [0.717, 1.165) is 11.3 Å². The van der Waals surface area contributed by atoms with Gasteiger partial charge in [-0.15, -0.1) is 11.3 Å². The molecule has 0 N–H and O–H groups in total. The Hall–Kier alpha value is -2.40. The molecule has 118 valence electrons. The Morgan fingerprint density at radius 3 is 2.70 bits per heavy atom. The molecule has 0 aliphatic rings. The molecule has 0 atom stereocenters. The van der Waals surface area contributed by atoms with Gasteiger partial charge < -0.3 is 9.42 Å². The molecule has 0 unspecified atom stereocenters. The van der Waals surface area contributed by atoms with Crippen molar-refractivity contribution in [3.05, 3.63) is 75.8 Å². The number of hydrogen-bond donors (Lipinski definition) is 0. The zero-order valence-electron chi connectivity index (χ0n) is 12.9. The monoisotopic (exact) mass is 326 g/mol. The van der Waals surface area contributed by atoms with Crippen LogP contribution in [0.2, 0.25) is 0 Å². The largest absolute Gasteiger partial charge is 0.361 e. The van der Waals surface area contributed by atoms with E-state index in [9.17, 15) is 4.79 Å². The molecule has 4 nitrogen and oxygen atoms in total. The number of amides is 1. The van der Waals surface area contributed by atoms with Crippen LogP contribution in [0.25, 0.3) is 0 Å². The predicted octanol–water partition coefficient (Wildman–Crippen LogP) is 3.93. The Morgan fingerprint density at radius 2 is 2.04 bits per heavy atom. The molecular weight excluding hydrogens is 308 g/mol. The number of carbonyl (C=O) groups excluding carboxylic acids is 1. The standard InChI is InChI=1S/C18H18N2O2S/c1-14-12-17(19-22-14)18(21)20(13-16-8-5-11-23-16)10-9-15-6-3-2-4-7-15/h2-8,11-12H,9-10,13H2,1H3. The van der Waals surface area contributed by atoms with Gasteiger partial charge in [0.05, 0.1) is 6.54 Å². The van der Waals surface area contributed by atoms with Gasteiger partial charge in [0.15, 0.2) is 5.69 Å². The van der Waals surface area contributed by atoms with E-state index in [-0.39, 0.29) is 5.91 Å². The number of nitrogens with zero attached hydrogens (tertiary/aromatic N) is 2. The van der Waals surface area contributed by atoms with Gasteiger partial charge in [0, 0.05) is 17.5 Å². The molecule has 1 amide bonds. The van der Waals surface area contributed by atoms with Gasteiger partial charge >= 0.3 is 0 Å². The summed E-state index contributed by atoms with van der Waals surface area (Å²) in [5, 5.41) is 5.88. The molecule has 5 heteroatoms. The first kappa shape index (κ1) is 15.5. The highest BCUT2D eigenvalue weighted by Gasteiger charge is 2.20. The zero-order valence-corrected chi connectivity index (χ0v) is 13.8. The van der Waals surface area contributed by atoms with Crippen molar-refractivity contribution in [2.24, 2.45) is 0 Å². The molecule has 23 heavy (non-hydrogen) atoms. The van der Waals surface area contributed by atoms with Crippen LogP contribution in [0.3, 0.4) is 0 Å². The second kappa shape index (κ2) is 7.24. The fourth-order valence-corrected chi connectivity index (χ4v) is 3.10. The molecule has 0 spiro atoms. The minimum absolute atomic E-state index is 0.0915. The van der Waals surface area contributed by atoms with Crippen molar-refractivity contribution in [3.63, 3.8) is 0 Å². The summed E-state index contributed by atoms with van der Waals surface area (Å²) in [6.07, 6.45) is 0.814. The molecule has 3 aromatic rings. The van der Waals surface area contributed by atoms with E-state index in [4.69, 9.17) is 4.52 Å². The van der Waals surface area contributed by atoms with E-state index in [1.165, 1.54) is 5.56 Å². The predicted molar refractivity (Wildman–Crippen MR) is 90.4 cm³/mol. The number of aromatic nitrogens is 1. The maximum atomic E-state index is 12.7. The van der Waals surface area contributed by atoms with Crippen molar-refractivity contribution < 1.29 is 9.32 Å². The molecule has 0 aliphatic carbocycles. The van der Waals surface area contributed by atoms with Crippen LogP contribution in [-0.4, -0.2) is 22.5 Å². The molecule has 0 radical (unpaired) electrons. The third-order valence-corrected chi connectivity index (χ3v) is 4.44. The summed E-state index contributed by atoms with van der Waals surface area (Å²) in [6, 6.07) is 15.9. The van der Waals surface area contributed by atoms with E-state index in [1.807, 2.05) is 40.6 Å². The lowest BCUT2D eigenvalue weighted by molar-refractivity contribution is 0.0736. The van der Waals surface area contributed by atoms with Crippen molar-refractivity contribution in [1.29, 1.82) is 0 Å². The van der Waals surface area contributed by atoms with E-state index in [0.29, 0.717) is 24.5 Å². The highest BCUT2D eigenvalue weighted by molar-refractivity contribution is 7.09. The molecule has 0 bridgehead atoms. The fourth-order valence-electron chi connectivity index (χ4n) is 2.38. The van der Waals surface area contributed by atoms with Gasteiger partial charge in [-0.1, -0.05) is 41.6 Å². The Balaban J connectivity index is 1.74. The van der Waals surface area contributed by atoms with E-state index < -0.39 is 0 Å². The average Bonchev–Trinajstić information content (AvgIpc) is 3.23. The van der Waals surface area contributed by atoms with Crippen molar-refractivity contribution >= 4 is 17.2 Å². The number of rotatable bonds is 6. The maximum absolute atomic E-state index is 12.7. The summed E-state index contributed by atoms with van der Waals surface area (Å²) in [7, 11) is 0. The normalized spacial score (nSPS) is 10.7. The van der Waals surface area contributed by atoms with Crippen LogP contribution in [0.1, 0.15) is 26.7 Å². The second-order valence-corrected chi connectivity index (χ2v) is 6.40. The smallest absolute Gasteiger partial charge is 0.276 e. The van der Waals surface area contributed by atoms with Gasteiger partial charge in [-0.2, -0.15) is 0 Å². The van der Waals surface area contributed by atoms with Crippen molar-refractivity contribution in [1.82, 2.24) is 10.1 Å². The summed E-state index contributed by atoms with van der Waals surface area (Å²) < 4.78 is 5.04. The van der Waals surface area contributed by atoms with Crippen molar-refractivity contribution in [2.45, 2.75) is 19.9 Å². The number of aryl methyl sites for hydroxylation is 1. The van der Waals surface area contributed by atoms with Gasteiger partial charge in [-0.05, 0) is 30.4 Å². The van der Waals surface area contributed by atoms with Crippen LogP contribution in [-0.2, 0) is 13.0 Å². The van der Waals surface area contributed by atoms with E-state index in [2.05, 4.69) is 17.3 Å². The quantitative estimate of drug-likeness (QED) is 0.689. The highest BCUT2D eigenvalue weighted by Crippen LogP contribution is 2.15. The average molecular weight is 326 g/mol. The summed E-state index contributed by atoms with van der Waals surface area (Å²) >= 11 is 1.65. The molecule has 0 saturated carbocycles. The van der Waals surface area contributed by atoms with Gasteiger partial charge in [0.2, 0.25) is 0 Å². The molecule has 0 aliphatic heterocycles. The molecule has 2 aromatic heterocycles. The molecule has 3 rings (SSSR count). The van der Waals surface area contributed by atoms with E-state index >= 15 is 0 Å². The first-order valence-corrected chi connectivity index (χ1v) is 8.39. The molecule has 0 fully saturated rings. The third-order valence-electron chi connectivity index (χ3n) is 3.57. The lowest BCUT2D eigenvalue weighted by Gasteiger charge is -2.21. The van der Waals surface area contributed by atoms with Gasteiger partial charge in [0.25, 0.3) is 5.91 Å². The maximum Gasteiger partial charge on any atom is 0.276 e. The third kappa shape index (κ3) is 4.07. The second-order valence-electron chi connectivity index (χ2n) is 5.36. The van der Waals surface area contributed by atoms with Gasteiger partial charge in [0.1, 0.15) is 5.76 Å². The minimum Gasteiger partial charge on any atom is -0.361 e. The molecular formula is C18H18N2O2S. The van der Waals surface area contributed by atoms with Crippen LogP contribution in [0.15, 0.2) is 58.4 Å². The summed E-state index contributed by atoms with van der Waals surface area (Å²) in [5.41, 5.74) is 1.58. The summed E-state index contributed by atoms with van der Waals surface area (Å²) in [4.78, 5) is 15.7. The molecule has 2 heterocycles. The van der Waals surface area contributed by atoms with Gasteiger partial charge in [-0.3, -0.25) is 4.79 Å². The van der Waals surface area contributed by atoms with Crippen molar-refractivity contribution in [2.75, 3.05) is 6.54 Å². The fraction of sp³-hybridized carbons (Fsp3) is 0.222. The van der Waals surface area contributed by atoms with Crippen LogP contribution < -0.4 is 0 Å². The molecule has 1 aromatic carbocycles. The first-order valence-electron chi connectivity index (χ1n) is 7.51. The number of benzene rings is 1. The zero-order chi connectivity index (χ0) is 16.1. The van der Waals surface area contributed by atoms with Crippen LogP contribution in [0.4, 0.5) is 0 Å². The Labute approximate surface area is 139 Å². The number of carbonyl (C=O) groups is 1. The lowest BCUT2D eigenvalue weighted by atomic mass is 10.1. The molecule has 0 saturated heterocycles. The Kier molecular flexibility index (Phi) is 4.88. The summed E-state index contributed by atoms with van der Waals surface area (Å²) in [6.45, 7) is 3.03. The number of hydrogen-bond acceptors (Lipinski definition) is 4. The topological polar surface area (TPSA) is 46.3 Å². The first-order chi connectivity index (χ1) is 11.2. The van der Waals surface area contributed by atoms with Crippen molar-refractivity contribution in [3.8, 4) is 0 Å². The number of thiophene rings is 1. The van der Waals surface area contributed by atoms with Crippen LogP contribution in [0.5, 0.6) is 0 Å². The summed E-state index contributed by atoms with van der Waals surface area (Å²) in [5.74, 6) is 0.554. The lowest BCUT2D eigenvalue weighted by Crippen LogP contribution is -2.32. The highest BCUT2D eigenvalue weighted by atomic mass is 32.1. The van der Waals surface area contributed by atoms with Crippen LogP contribution in [0, 0.1) is 6.92 Å². The SMILES string of the molecule is Cc1cc(C(=O)N(CCc2ccccc2)Cc2cccs2)no1. The Morgan fingerprint density at radius 1 is 1.22 bits per heavy atom. The van der Waals surface area contributed by atoms with Crippen LogP contribution >= 0.6 is 11.3 Å². The minimum atomic E-state index is -0.0915. The Bertz CT molecular complexity index is 750. The van der Waals surface area contributed by atoms with E-state index in [1.54, 1.807) is 24.3 Å². The van der Waals surface area contributed by atoms with Gasteiger partial charge in [-0.25, -0.2) is 0 Å².